The van der Waals surface area contributed by atoms with E-state index in [0.29, 0.717) is 11.2 Å². The van der Waals surface area contributed by atoms with Gasteiger partial charge in [-0.1, -0.05) is 0 Å². The number of hydrogen-bond acceptors (Lipinski definition) is 3. The summed E-state index contributed by atoms with van der Waals surface area (Å²) in [6.07, 6.45) is 1.61. The number of pyridine rings is 1. The molecule has 0 aromatic carbocycles. The van der Waals surface area contributed by atoms with Gasteiger partial charge in [-0.2, -0.15) is 0 Å². The van der Waals surface area contributed by atoms with E-state index >= 15 is 0 Å². The quantitative estimate of drug-likeness (QED) is 0.758. The molecule has 0 aliphatic carbocycles. The van der Waals surface area contributed by atoms with E-state index in [4.69, 9.17) is 4.42 Å². The zero-order chi connectivity index (χ0) is 10.3. The highest BCUT2D eigenvalue weighted by Gasteiger charge is 2.25. The summed E-state index contributed by atoms with van der Waals surface area (Å²) in [7, 11) is 0. The molecular weight excluding hydrogens is 316 g/mol. The Bertz CT molecular complexity index is 524. The number of fused-ring (bicyclic) bond motifs is 1. The van der Waals surface area contributed by atoms with E-state index in [1.165, 1.54) is 4.57 Å². The zero-order valence-electron chi connectivity index (χ0n) is 7.20. The summed E-state index contributed by atoms with van der Waals surface area (Å²) >= 11 is 6.63. The highest BCUT2D eigenvalue weighted by atomic mass is 79.9. The number of alkyl halides is 2. The van der Waals surface area contributed by atoms with Gasteiger partial charge in [0, 0.05) is 6.20 Å². The first kappa shape index (κ1) is 9.92. The van der Waals surface area contributed by atoms with E-state index < -0.39 is 9.11 Å². The number of oxazole rings is 1. The molecule has 0 amide bonds. The highest BCUT2D eigenvalue weighted by molar-refractivity contribution is 9.24. The minimum atomic E-state index is -0.684. The van der Waals surface area contributed by atoms with Crippen LogP contribution in [-0.4, -0.2) is 9.55 Å². The third-order valence-corrected chi connectivity index (χ3v) is 2.44. The molecule has 0 aliphatic rings. The van der Waals surface area contributed by atoms with Crippen LogP contribution in [0.3, 0.4) is 0 Å². The van der Waals surface area contributed by atoms with Gasteiger partial charge >= 0.3 is 5.76 Å². The van der Waals surface area contributed by atoms with E-state index in [2.05, 4.69) is 36.8 Å². The molecule has 2 rings (SSSR count). The zero-order valence-corrected chi connectivity index (χ0v) is 10.4. The first-order valence-electron chi connectivity index (χ1n) is 3.85. The lowest BCUT2D eigenvalue weighted by molar-refractivity contribution is 0.503. The Kier molecular flexibility index (Phi) is 2.27. The van der Waals surface area contributed by atoms with Crippen molar-refractivity contribution in [2.45, 2.75) is 10.3 Å². The third-order valence-electron chi connectivity index (χ3n) is 1.74. The number of nitrogens with zero attached hydrogens (tertiary/aromatic N) is 2. The Morgan fingerprint density at radius 3 is 2.93 bits per heavy atom. The monoisotopic (exact) mass is 320 g/mol. The van der Waals surface area contributed by atoms with Gasteiger partial charge in [-0.15, -0.1) is 0 Å². The fourth-order valence-corrected chi connectivity index (χ4v) is 1.83. The summed E-state index contributed by atoms with van der Waals surface area (Å²) in [4.78, 5) is 15.6. The second kappa shape index (κ2) is 3.20. The largest absolute Gasteiger partial charge is 0.423 e. The average molecular weight is 322 g/mol. The van der Waals surface area contributed by atoms with Crippen molar-refractivity contribution in [3.63, 3.8) is 0 Å². The van der Waals surface area contributed by atoms with Crippen LogP contribution in [0.25, 0.3) is 11.2 Å². The smallest absolute Gasteiger partial charge is 0.406 e. The first-order chi connectivity index (χ1) is 6.50. The maximum absolute atomic E-state index is 11.5. The van der Waals surface area contributed by atoms with Gasteiger partial charge in [-0.3, -0.25) is 0 Å². The molecule has 0 spiro atoms. The number of rotatable bonds is 1. The van der Waals surface area contributed by atoms with Crippen LogP contribution < -0.4 is 5.76 Å². The normalized spacial score (nSPS) is 12.2. The second-order valence-electron chi connectivity index (χ2n) is 2.87. The molecule has 2 aromatic heterocycles. The van der Waals surface area contributed by atoms with Crippen LogP contribution in [0.1, 0.15) is 6.92 Å². The van der Waals surface area contributed by atoms with Gasteiger partial charge in [0.05, 0.1) is 0 Å². The summed E-state index contributed by atoms with van der Waals surface area (Å²) < 4.78 is 5.72. The van der Waals surface area contributed by atoms with Crippen molar-refractivity contribution in [2.75, 3.05) is 0 Å². The predicted octanol–water partition coefficient (Wildman–Crippen LogP) is 2.41. The van der Waals surface area contributed by atoms with Crippen molar-refractivity contribution >= 4 is 43.1 Å². The molecule has 0 unspecified atom stereocenters. The lowest BCUT2D eigenvalue weighted by Crippen LogP contribution is -2.25. The number of hydrogen-bond donors (Lipinski definition) is 0. The van der Waals surface area contributed by atoms with Crippen LogP contribution in [0.4, 0.5) is 0 Å². The van der Waals surface area contributed by atoms with Crippen LogP contribution in [0.2, 0.25) is 0 Å². The van der Waals surface area contributed by atoms with Gasteiger partial charge in [-0.25, -0.2) is 14.3 Å². The molecule has 0 fully saturated rings. The van der Waals surface area contributed by atoms with Crippen molar-refractivity contribution < 1.29 is 4.42 Å². The standard InChI is InChI=1S/C8H6Br2N2O2/c1-8(9,10)12-6-5(14-7(12)13)3-2-4-11-6/h2-4H,1H3. The molecule has 0 saturated heterocycles. The van der Waals surface area contributed by atoms with Crippen LogP contribution in [0.5, 0.6) is 0 Å². The van der Waals surface area contributed by atoms with Crippen molar-refractivity contribution in [1.29, 1.82) is 0 Å². The molecule has 0 radical (unpaired) electrons. The van der Waals surface area contributed by atoms with E-state index in [0.717, 1.165) is 0 Å². The van der Waals surface area contributed by atoms with Gasteiger partial charge < -0.3 is 4.42 Å². The van der Waals surface area contributed by atoms with Crippen molar-refractivity contribution in [2.24, 2.45) is 0 Å². The number of aromatic nitrogens is 2. The molecule has 0 saturated carbocycles. The molecule has 6 heteroatoms. The van der Waals surface area contributed by atoms with E-state index in [-0.39, 0.29) is 0 Å². The molecule has 0 atom stereocenters. The van der Waals surface area contributed by atoms with E-state index in [1.807, 2.05) is 0 Å². The summed E-state index contributed by atoms with van der Waals surface area (Å²) in [5.41, 5.74) is 0.983. The van der Waals surface area contributed by atoms with Gasteiger partial charge in [-0.05, 0) is 50.9 Å². The van der Waals surface area contributed by atoms with Gasteiger partial charge in [0.15, 0.2) is 14.6 Å². The minimum absolute atomic E-state index is 0.449. The highest BCUT2D eigenvalue weighted by Crippen LogP contribution is 2.32. The maximum atomic E-state index is 11.5. The molecule has 4 nitrogen and oxygen atoms in total. The predicted molar refractivity (Wildman–Crippen MR) is 59.8 cm³/mol. The Morgan fingerprint density at radius 2 is 2.29 bits per heavy atom. The lowest BCUT2D eigenvalue weighted by Gasteiger charge is -2.13. The summed E-state index contributed by atoms with van der Waals surface area (Å²) in [5, 5.41) is 0. The molecule has 0 bridgehead atoms. The molecule has 0 N–H and O–H groups in total. The fourth-order valence-electron chi connectivity index (χ4n) is 1.20. The summed E-state index contributed by atoms with van der Waals surface area (Å²) in [5.74, 6) is -0.449. The van der Waals surface area contributed by atoms with Crippen LogP contribution in [-0.2, 0) is 3.36 Å². The first-order valence-corrected chi connectivity index (χ1v) is 5.43. The second-order valence-corrected chi connectivity index (χ2v) is 7.02. The van der Waals surface area contributed by atoms with Crippen LogP contribution in [0, 0.1) is 0 Å². The lowest BCUT2D eigenvalue weighted by atomic mass is 10.4. The Labute approximate surface area is 96.2 Å². The van der Waals surface area contributed by atoms with Gasteiger partial charge in [0.25, 0.3) is 0 Å². The molecule has 74 valence electrons. The Morgan fingerprint density at radius 1 is 1.57 bits per heavy atom. The maximum Gasteiger partial charge on any atom is 0.423 e. The molecule has 0 aliphatic heterocycles. The van der Waals surface area contributed by atoms with Crippen molar-refractivity contribution in [3.8, 4) is 0 Å². The molecule has 2 aromatic rings. The summed E-state index contributed by atoms with van der Waals surface area (Å²) in [6.45, 7) is 1.78. The Hall–Kier alpha value is -0.620. The van der Waals surface area contributed by atoms with Crippen molar-refractivity contribution in [3.05, 3.63) is 28.9 Å². The van der Waals surface area contributed by atoms with Gasteiger partial charge in [0.1, 0.15) is 0 Å². The number of halogens is 2. The molecule has 14 heavy (non-hydrogen) atoms. The average Bonchev–Trinajstić information content (AvgIpc) is 2.38. The Balaban J connectivity index is 2.88. The minimum Gasteiger partial charge on any atom is -0.406 e. The SMILES string of the molecule is CC(Br)(Br)n1c(=O)oc2cccnc21. The van der Waals surface area contributed by atoms with Crippen LogP contribution >= 0.6 is 31.9 Å². The molecule has 2 heterocycles. The third kappa shape index (κ3) is 1.52. The summed E-state index contributed by atoms with van der Waals surface area (Å²) in [6, 6.07) is 3.42. The van der Waals surface area contributed by atoms with Gasteiger partial charge in [0.2, 0.25) is 0 Å². The van der Waals surface area contributed by atoms with E-state index in [1.54, 1.807) is 25.3 Å². The van der Waals surface area contributed by atoms with E-state index in [9.17, 15) is 4.79 Å². The topological polar surface area (TPSA) is 48.0 Å². The molecular formula is C8H6Br2N2O2. The fraction of sp³-hybridized carbons (Fsp3) is 0.250. The van der Waals surface area contributed by atoms with Crippen LogP contribution in [0.15, 0.2) is 27.5 Å². The van der Waals surface area contributed by atoms with Crippen molar-refractivity contribution in [1.82, 2.24) is 9.55 Å².